The predicted octanol–water partition coefficient (Wildman–Crippen LogP) is 6.08. The Morgan fingerprint density at radius 3 is 2.00 bits per heavy atom. The molecule has 4 rings (SSSR count). The number of aromatic amines is 1. The average molecular weight is 391 g/mol. The number of nitrogens with zero attached hydrogens (tertiary/aromatic N) is 1. The molecule has 0 radical (unpaired) electrons. The lowest BCUT2D eigenvalue weighted by atomic mass is 10.1. The van der Waals surface area contributed by atoms with Crippen molar-refractivity contribution in [2.45, 2.75) is 0 Å². The molecule has 0 atom stereocenters. The van der Waals surface area contributed by atoms with Crippen LogP contribution < -0.4 is 9.47 Å². The van der Waals surface area contributed by atoms with Crippen LogP contribution in [0.3, 0.4) is 0 Å². The number of ether oxygens (including phenoxy) is 2. The molecule has 0 aliphatic rings. The van der Waals surface area contributed by atoms with Crippen LogP contribution in [0.5, 0.6) is 11.5 Å². The fourth-order valence-electron chi connectivity index (χ4n) is 3.08. The number of imidazole rings is 1. The van der Waals surface area contributed by atoms with Crippen molar-refractivity contribution in [1.29, 1.82) is 0 Å². The molecule has 0 fully saturated rings. The first-order chi connectivity index (χ1) is 13.7. The first kappa shape index (κ1) is 18.1. The SMILES string of the molecule is COc1cc(OC)cc(-c2nc(-c3ccccc3)c(-c3ccc(Cl)cc3)[nH]2)c1. The molecule has 4 nitrogen and oxygen atoms in total. The molecule has 0 spiro atoms. The number of hydrogen-bond donors (Lipinski definition) is 1. The van der Waals surface area contributed by atoms with Gasteiger partial charge in [-0.3, -0.25) is 0 Å². The molecule has 0 aliphatic heterocycles. The molecule has 140 valence electrons. The van der Waals surface area contributed by atoms with Crippen LogP contribution in [-0.2, 0) is 0 Å². The van der Waals surface area contributed by atoms with Gasteiger partial charge in [0.2, 0.25) is 0 Å². The molecule has 3 aromatic carbocycles. The maximum Gasteiger partial charge on any atom is 0.138 e. The zero-order valence-electron chi connectivity index (χ0n) is 15.6. The van der Waals surface area contributed by atoms with E-state index in [1.807, 2.05) is 72.8 Å². The molecule has 0 saturated heterocycles. The van der Waals surface area contributed by atoms with E-state index in [0.29, 0.717) is 16.5 Å². The normalized spacial score (nSPS) is 10.7. The van der Waals surface area contributed by atoms with E-state index < -0.39 is 0 Å². The molecular weight excluding hydrogens is 372 g/mol. The minimum atomic E-state index is 0.697. The lowest BCUT2D eigenvalue weighted by Gasteiger charge is -2.06. The van der Waals surface area contributed by atoms with Crippen LogP contribution in [0.2, 0.25) is 5.02 Å². The summed E-state index contributed by atoms with van der Waals surface area (Å²) >= 11 is 6.07. The van der Waals surface area contributed by atoms with E-state index in [0.717, 1.165) is 33.9 Å². The quantitative estimate of drug-likeness (QED) is 0.449. The molecule has 0 saturated carbocycles. The van der Waals surface area contributed by atoms with Crippen molar-refractivity contribution in [2.24, 2.45) is 0 Å². The second kappa shape index (κ2) is 7.79. The lowest BCUT2D eigenvalue weighted by Crippen LogP contribution is -1.89. The van der Waals surface area contributed by atoms with E-state index in [1.165, 1.54) is 0 Å². The molecule has 1 heterocycles. The summed E-state index contributed by atoms with van der Waals surface area (Å²) in [5, 5.41) is 0.697. The summed E-state index contributed by atoms with van der Waals surface area (Å²) in [6.45, 7) is 0. The van der Waals surface area contributed by atoms with Crippen LogP contribution in [0.4, 0.5) is 0 Å². The third-order valence-corrected chi connectivity index (χ3v) is 4.76. The summed E-state index contributed by atoms with van der Waals surface area (Å²) in [4.78, 5) is 8.37. The Kier molecular flexibility index (Phi) is 5.04. The van der Waals surface area contributed by atoms with Crippen LogP contribution in [0.15, 0.2) is 72.8 Å². The summed E-state index contributed by atoms with van der Waals surface area (Å²) in [6, 6.07) is 23.5. The van der Waals surface area contributed by atoms with Gasteiger partial charge in [-0.25, -0.2) is 4.98 Å². The van der Waals surface area contributed by atoms with E-state index in [9.17, 15) is 0 Å². The van der Waals surface area contributed by atoms with E-state index in [-0.39, 0.29) is 0 Å². The Labute approximate surface area is 168 Å². The first-order valence-corrected chi connectivity index (χ1v) is 9.20. The maximum atomic E-state index is 6.07. The molecule has 0 amide bonds. The van der Waals surface area contributed by atoms with Gasteiger partial charge in [-0.1, -0.05) is 54.1 Å². The van der Waals surface area contributed by atoms with Gasteiger partial charge in [-0.05, 0) is 24.3 Å². The van der Waals surface area contributed by atoms with E-state index >= 15 is 0 Å². The van der Waals surface area contributed by atoms with E-state index in [4.69, 9.17) is 26.1 Å². The summed E-state index contributed by atoms with van der Waals surface area (Å²) in [6.07, 6.45) is 0. The average Bonchev–Trinajstić information content (AvgIpc) is 3.20. The Balaban J connectivity index is 1.90. The third kappa shape index (κ3) is 3.59. The lowest BCUT2D eigenvalue weighted by molar-refractivity contribution is 0.394. The number of hydrogen-bond acceptors (Lipinski definition) is 3. The van der Waals surface area contributed by atoms with Crippen LogP contribution in [0.25, 0.3) is 33.9 Å². The van der Waals surface area contributed by atoms with Crippen molar-refractivity contribution in [3.8, 4) is 45.4 Å². The standard InChI is InChI=1S/C23H19ClN2O2/c1-27-19-12-17(13-20(14-19)28-2)23-25-21(15-6-4-3-5-7-15)22(26-23)16-8-10-18(24)11-9-16/h3-14H,1-2H3,(H,25,26). The number of nitrogens with one attached hydrogen (secondary N) is 1. The molecule has 1 N–H and O–H groups in total. The topological polar surface area (TPSA) is 47.1 Å². The van der Waals surface area contributed by atoms with Gasteiger partial charge in [-0.15, -0.1) is 0 Å². The highest BCUT2D eigenvalue weighted by Crippen LogP contribution is 2.35. The third-order valence-electron chi connectivity index (χ3n) is 4.51. The molecule has 4 aromatic rings. The zero-order chi connectivity index (χ0) is 19.5. The fraction of sp³-hybridized carbons (Fsp3) is 0.0870. The molecule has 28 heavy (non-hydrogen) atoms. The summed E-state index contributed by atoms with van der Waals surface area (Å²) in [5.74, 6) is 2.15. The highest BCUT2D eigenvalue weighted by atomic mass is 35.5. The minimum Gasteiger partial charge on any atom is -0.497 e. The van der Waals surface area contributed by atoms with Gasteiger partial charge in [0.1, 0.15) is 17.3 Å². The number of H-pyrrole nitrogens is 1. The van der Waals surface area contributed by atoms with Gasteiger partial charge in [0, 0.05) is 27.8 Å². The summed E-state index contributed by atoms with van der Waals surface area (Å²) < 4.78 is 10.8. The van der Waals surface area contributed by atoms with Crippen molar-refractivity contribution in [2.75, 3.05) is 14.2 Å². The number of benzene rings is 3. The number of methoxy groups -OCH3 is 2. The Morgan fingerprint density at radius 1 is 0.750 bits per heavy atom. The van der Waals surface area contributed by atoms with Crippen LogP contribution in [-0.4, -0.2) is 24.2 Å². The molecular formula is C23H19ClN2O2. The van der Waals surface area contributed by atoms with Crippen molar-refractivity contribution >= 4 is 11.6 Å². The molecule has 0 bridgehead atoms. The van der Waals surface area contributed by atoms with Gasteiger partial charge >= 0.3 is 0 Å². The smallest absolute Gasteiger partial charge is 0.138 e. The van der Waals surface area contributed by atoms with Crippen molar-refractivity contribution in [1.82, 2.24) is 9.97 Å². The zero-order valence-corrected chi connectivity index (χ0v) is 16.3. The Morgan fingerprint density at radius 2 is 1.39 bits per heavy atom. The Bertz CT molecular complexity index is 1070. The number of halogens is 1. The van der Waals surface area contributed by atoms with Gasteiger partial charge < -0.3 is 14.5 Å². The predicted molar refractivity (Wildman–Crippen MR) is 113 cm³/mol. The summed E-state index contributed by atoms with van der Waals surface area (Å²) in [7, 11) is 3.27. The molecule has 0 unspecified atom stereocenters. The van der Waals surface area contributed by atoms with Crippen LogP contribution in [0, 0.1) is 0 Å². The van der Waals surface area contributed by atoms with Crippen LogP contribution >= 0.6 is 11.6 Å². The van der Waals surface area contributed by atoms with Gasteiger partial charge in [-0.2, -0.15) is 0 Å². The summed E-state index contributed by atoms with van der Waals surface area (Å²) in [5.41, 5.74) is 4.73. The molecule has 5 heteroatoms. The van der Waals surface area contributed by atoms with Crippen LogP contribution in [0.1, 0.15) is 0 Å². The Hall–Kier alpha value is -3.24. The van der Waals surface area contributed by atoms with Crippen molar-refractivity contribution in [3.63, 3.8) is 0 Å². The number of aromatic nitrogens is 2. The number of rotatable bonds is 5. The van der Waals surface area contributed by atoms with E-state index in [1.54, 1.807) is 14.2 Å². The second-order valence-electron chi connectivity index (χ2n) is 6.28. The first-order valence-electron chi connectivity index (χ1n) is 8.83. The highest BCUT2D eigenvalue weighted by molar-refractivity contribution is 6.30. The highest BCUT2D eigenvalue weighted by Gasteiger charge is 2.16. The van der Waals surface area contributed by atoms with Crippen molar-refractivity contribution in [3.05, 3.63) is 77.8 Å². The fourth-order valence-corrected chi connectivity index (χ4v) is 3.21. The van der Waals surface area contributed by atoms with Gasteiger partial charge in [0.25, 0.3) is 0 Å². The van der Waals surface area contributed by atoms with Crippen molar-refractivity contribution < 1.29 is 9.47 Å². The molecule has 0 aliphatic carbocycles. The maximum absolute atomic E-state index is 6.07. The largest absolute Gasteiger partial charge is 0.497 e. The second-order valence-corrected chi connectivity index (χ2v) is 6.72. The minimum absolute atomic E-state index is 0.697. The monoisotopic (exact) mass is 390 g/mol. The van der Waals surface area contributed by atoms with Gasteiger partial charge in [0.15, 0.2) is 0 Å². The molecule has 1 aromatic heterocycles. The van der Waals surface area contributed by atoms with Gasteiger partial charge in [0.05, 0.1) is 25.6 Å². The van der Waals surface area contributed by atoms with E-state index in [2.05, 4.69) is 4.98 Å².